The number of rotatable bonds is 4. The van der Waals surface area contributed by atoms with Gasteiger partial charge in [0.1, 0.15) is 16.7 Å². The highest BCUT2D eigenvalue weighted by atomic mass is 16.4. The lowest BCUT2D eigenvalue weighted by molar-refractivity contribution is 0.445. The zero-order valence-electron chi connectivity index (χ0n) is 14.1. The lowest BCUT2D eigenvalue weighted by Gasteiger charge is -2.22. The number of para-hydroxylation sites is 1. The second kappa shape index (κ2) is 6.34. The first-order valence-corrected chi connectivity index (χ1v) is 9.01. The van der Waals surface area contributed by atoms with Crippen LogP contribution in [0.3, 0.4) is 0 Å². The predicted molar refractivity (Wildman–Crippen MR) is 96.7 cm³/mol. The molecule has 0 amide bonds. The summed E-state index contributed by atoms with van der Waals surface area (Å²) in [6.45, 7) is 2.09. The Morgan fingerprint density at radius 1 is 1.08 bits per heavy atom. The first-order chi connectivity index (χ1) is 11.8. The maximum atomic E-state index is 12.5. The summed E-state index contributed by atoms with van der Waals surface area (Å²) in [6.07, 6.45) is 7.80. The number of hydrogen-bond acceptors (Lipinski definition) is 4. The summed E-state index contributed by atoms with van der Waals surface area (Å²) in [5.74, 6) is 1.48. The van der Waals surface area contributed by atoms with Crippen LogP contribution in [0.5, 0.6) is 0 Å². The highest BCUT2D eigenvalue weighted by Crippen LogP contribution is 2.36. The van der Waals surface area contributed by atoms with Crippen LogP contribution in [-0.2, 0) is 6.42 Å². The molecule has 4 heteroatoms. The van der Waals surface area contributed by atoms with Gasteiger partial charge in [-0.25, -0.2) is 4.79 Å². The van der Waals surface area contributed by atoms with E-state index >= 15 is 0 Å². The van der Waals surface area contributed by atoms with Gasteiger partial charge in [-0.1, -0.05) is 44.4 Å². The smallest absolute Gasteiger partial charge is 0.347 e. The molecule has 0 radical (unpaired) electrons. The van der Waals surface area contributed by atoms with Crippen LogP contribution >= 0.6 is 0 Å². The molecular weight excluding hydrogens is 302 g/mol. The molecule has 0 spiro atoms. The zero-order valence-corrected chi connectivity index (χ0v) is 14.1. The maximum Gasteiger partial charge on any atom is 0.347 e. The van der Waals surface area contributed by atoms with E-state index in [1.165, 1.54) is 19.3 Å². The molecule has 2 heterocycles. The fraction of sp³-hybridized carbons (Fsp3) is 0.450. The third-order valence-electron chi connectivity index (χ3n) is 4.96. The van der Waals surface area contributed by atoms with E-state index in [4.69, 9.17) is 8.83 Å². The largest absolute Gasteiger partial charge is 0.444 e. The van der Waals surface area contributed by atoms with Gasteiger partial charge in [-0.2, -0.15) is 0 Å². The van der Waals surface area contributed by atoms with Gasteiger partial charge in [0.15, 0.2) is 0 Å². The molecule has 0 aliphatic heterocycles. The second-order valence-corrected chi connectivity index (χ2v) is 6.72. The van der Waals surface area contributed by atoms with Crippen LogP contribution in [0, 0.1) is 0 Å². The Morgan fingerprint density at radius 2 is 1.88 bits per heavy atom. The number of nitrogens with one attached hydrogen (secondary N) is 1. The first kappa shape index (κ1) is 15.3. The monoisotopic (exact) mass is 325 g/mol. The molecule has 24 heavy (non-hydrogen) atoms. The van der Waals surface area contributed by atoms with Gasteiger partial charge in [0.25, 0.3) is 0 Å². The quantitative estimate of drug-likeness (QED) is 0.667. The van der Waals surface area contributed by atoms with E-state index in [0.717, 1.165) is 48.1 Å². The molecule has 4 rings (SSSR count). The van der Waals surface area contributed by atoms with Crippen molar-refractivity contribution in [1.82, 2.24) is 0 Å². The molecule has 1 fully saturated rings. The molecule has 2 aromatic heterocycles. The van der Waals surface area contributed by atoms with Gasteiger partial charge < -0.3 is 14.2 Å². The Kier molecular flexibility index (Phi) is 4.05. The maximum absolute atomic E-state index is 12.5. The molecule has 1 aliphatic rings. The minimum absolute atomic E-state index is 0.299. The molecule has 0 bridgehead atoms. The van der Waals surface area contributed by atoms with Gasteiger partial charge in [0.2, 0.25) is 5.88 Å². The Morgan fingerprint density at radius 3 is 2.67 bits per heavy atom. The number of hydrogen-bond donors (Lipinski definition) is 1. The molecule has 0 atom stereocenters. The summed E-state index contributed by atoms with van der Waals surface area (Å²) in [5, 5.41) is 6.01. The summed E-state index contributed by atoms with van der Waals surface area (Å²) in [6, 6.07) is 8.12. The van der Waals surface area contributed by atoms with Gasteiger partial charge in [0.05, 0.1) is 5.39 Å². The molecule has 0 unspecified atom stereocenters. The number of aryl methyl sites for hydroxylation is 1. The molecule has 3 aromatic rings. The topological polar surface area (TPSA) is 55.4 Å². The standard InChI is InChI=1S/C20H23NO3/c1-2-8-16-18-17(14-11-6-7-12-15(14)24-20(18)22)19(23-16)21-13-9-4-3-5-10-13/h6-7,11-13,21H,2-5,8-10H2,1H3. The van der Waals surface area contributed by atoms with Crippen LogP contribution in [0.4, 0.5) is 5.88 Å². The van der Waals surface area contributed by atoms with Gasteiger partial charge in [-0.15, -0.1) is 0 Å². The van der Waals surface area contributed by atoms with Crippen LogP contribution in [0.15, 0.2) is 37.9 Å². The average Bonchev–Trinajstić information content (AvgIpc) is 2.95. The Labute approximate surface area is 140 Å². The van der Waals surface area contributed by atoms with Crippen molar-refractivity contribution in [1.29, 1.82) is 0 Å². The van der Waals surface area contributed by atoms with E-state index < -0.39 is 0 Å². The normalized spacial score (nSPS) is 16.0. The molecule has 126 valence electrons. The molecule has 1 saturated carbocycles. The van der Waals surface area contributed by atoms with Crippen LogP contribution in [0.25, 0.3) is 21.7 Å². The van der Waals surface area contributed by atoms with Gasteiger partial charge in [-0.05, 0) is 25.3 Å². The summed E-state index contributed by atoms with van der Waals surface area (Å²) in [5.41, 5.74) is 0.318. The van der Waals surface area contributed by atoms with Crippen LogP contribution < -0.4 is 10.9 Å². The highest BCUT2D eigenvalue weighted by Gasteiger charge is 2.23. The lowest BCUT2D eigenvalue weighted by atomic mass is 9.95. The van der Waals surface area contributed by atoms with Crippen LogP contribution in [0.2, 0.25) is 0 Å². The van der Waals surface area contributed by atoms with Crippen molar-refractivity contribution in [2.75, 3.05) is 5.32 Å². The highest BCUT2D eigenvalue weighted by molar-refractivity contribution is 6.10. The average molecular weight is 325 g/mol. The number of anilines is 1. The van der Waals surface area contributed by atoms with Gasteiger partial charge >= 0.3 is 5.63 Å². The van der Waals surface area contributed by atoms with Crippen LogP contribution in [0.1, 0.15) is 51.2 Å². The third-order valence-corrected chi connectivity index (χ3v) is 4.96. The van der Waals surface area contributed by atoms with Crippen molar-refractivity contribution < 1.29 is 8.83 Å². The Bertz CT molecular complexity index is 916. The van der Waals surface area contributed by atoms with Crippen LogP contribution in [-0.4, -0.2) is 6.04 Å². The predicted octanol–water partition coefficient (Wildman–Crippen LogP) is 5.24. The number of benzene rings is 1. The van der Waals surface area contributed by atoms with E-state index in [1.54, 1.807) is 0 Å². The Balaban J connectivity index is 1.92. The van der Waals surface area contributed by atoms with Crippen molar-refractivity contribution in [2.24, 2.45) is 0 Å². The van der Waals surface area contributed by atoms with Gasteiger partial charge in [-0.3, -0.25) is 0 Å². The summed E-state index contributed by atoms with van der Waals surface area (Å²) < 4.78 is 11.6. The minimum Gasteiger partial charge on any atom is -0.444 e. The van der Waals surface area contributed by atoms with Crippen molar-refractivity contribution in [3.8, 4) is 0 Å². The number of furan rings is 1. The van der Waals surface area contributed by atoms with Crippen molar-refractivity contribution in [3.63, 3.8) is 0 Å². The fourth-order valence-corrected chi connectivity index (χ4v) is 3.80. The van der Waals surface area contributed by atoms with E-state index in [1.807, 2.05) is 24.3 Å². The van der Waals surface area contributed by atoms with Gasteiger partial charge in [0, 0.05) is 17.8 Å². The summed E-state index contributed by atoms with van der Waals surface area (Å²) in [7, 11) is 0. The Hall–Kier alpha value is -2.23. The lowest BCUT2D eigenvalue weighted by Crippen LogP contribution is -2.22. The molecule has 4 nitrogen and oxygen atoms in total. The minimum atomic E-state index is -0.299. The second-order valence-electron chi connectivity index (χ2n) is 6.72. The zero-order chi connectivity index (χ0) is 16.5. The fourth-order valence-electron chi connectivity index (χ4n) is 3.80. The number of fused-ring (bicyclic) bond motifs is 3. The SMILES string of the molecule is CCCc1oc(NC2CCCCC2)c2c1c(=O)oc1ccccc12. The molecule has 0 saturated heterocycles. The van der Waals surface area contributed by atoms with E-state index in [0.29, 0.717) is 17.0 Å². The van der Waals surface area contributed by atoms with E-state index in [9.17, 15) is 4.79 Å². The van der Waals surface area contributed by atoms with E-state index in [2.05, 4.69) is 12.2 Å². The van der Waals surface area contributed by atoms with Crippen molar-refractivity contribution in [2.45, 2.75) is 57.9 Å². The molecule has 1 aromatic carbocycles. The third kappa shape index (κ3) is 2.60. The van der Waals surface area contributed by atoms with E-state index in [-0.39, 0.29) is 5.63 Å². The molecule has 1 aliphatic carbocycles. The molecular formula is C20H23NO3. The van der Waals surface area contributed by atoms with Crippen molar-refractivity contribution >= 4 is 27.6 Å². The first-order valence-electron chi connectivity index (χ1n) is 9.01. The van der Waals surface area contributed by atoms with Crippen molar-refractivity contribution in [3.05, 3.63) is 40.4 Å². The molecule has 1 N–H and O–H groups in total. The summed E-state index contributed by atoms with van der Waals surface area (Å²) >= 11 is 0. The summed E-state index contributed by atoms with van der Waals surface area (Å²) in [4.78, 5) is 12.5.